The summed E-state index contributed by atoms with van der Waals surface area (Å²) in [5.41, 5.74) is 2.01. The van der Waals surface area contributed by atoms with Crippen molar-refractivity contribution in [1.82, 2.24) is 10.2 Å². The summed E-state index contributed by atoms with van der Waals surface area (Å²) in [4.78, 5) is 27.4. The summed E-state index contributed by atoms with van der Waals surface area (Å²) in [6.45, 7) is 6.75. The molecule has 0 heterocycles. The van der Waals surface area contributed by atoms with Gasteiger partial charge in [-0.2, -0.15) is 0 Å². The van der Waals surface area contributed by atoms with Crippen molar-refractivity contribution in [3.05, 3.63) is 64.7 Å². The molecule has 0 aliphatic heterocycles. The number of halogens is 1. The zero-order valence-electron chi connectivity index (χ0n) is 18.6. The summed E-state index contributed by atoms with van der Waals surface area (Å²) in [6.07, 6.45) is 0. The Balaban J connectivity index is 2.04. The van der Waals surface area contributed by atoms with Gasteiger partial charge in [-0.3, -0.25) is 9.59 Å². The molecule has 0 aromatic heterocycles. The third-order valence-corrected chi connectivity index (χ3v) is 5.97. The number of thioether (sulfide) groups is 1. The van der Waals surface area contributed by atoms with Crippen LogP contribution in [0.4, 0.5) is 0 Å². The van der Waals surface area contributed by atoms with E-state index >= 15 is 0 Å². The van der Waals surface area contributed by atoms with E-state index in [2.05, 4.69) is 5.32 Å². The fraction of sp³-hybridized carbons (Fsp3) is 0.417. The van der Waals surface area contributed by atoms with Crippen LogP contribution < -0.4 is 10.1 Å². The lowest BCUT2D eigenvalue weighted by molar-refractivity contribution is -0.138. The third-order valence-electron chi connectivity index (χ3n) is 4.75. The van der Waals surface area contributed by atoms with Crippen LogP contribution in [0, 0.1) is 5.92 Å². The normalized spacial score (nSPS) is 11.8. The first-order valence-electron chi connectivity index (χ1n) is 10.3. The van der Waals surface area contributed by atoms with Crippen LogP contribution >= 0.6 is 23.4 Å². The monoisotopic (exact) mass is 462 g/mol. The fourth-order valence-corrected chi connectivity index (χ4v) is 4.01. The molecule has 5 nitrogen and oxygen atoms in total. The van der Waals surface area contributed by atoms with Crippen molar-refractivity contribution in [2.24, 2.45) is 5.92 Å². The van der Waals surface area contributed by atoms with Crippen molar-refractivity contribution in [3.63, 3.8) is 0 Å². The van der Waals surface area contributed by atoms with Crippen molar-refractivity contribution in [1.29, 1.82) is 0 Å². The smallest absolute Gasteiger partial charge is 0.242 e. The summed E-state index contributed by atoms with van der Waals surface area (Å²) < 4.78 is 5.18. The van der Waals surface area contributed by atoms with E-state index in [1.165, 1.54) is 11.8 Å². The van der Waals surface area contributed by atoms with Crippen LogP contribution in [-0.2, 0) is 21.9 Å². The molecule has 0 saturated carbocycles. The van der Waals surface area contributed by atoms with Crippen molar-refractivity contribution in [3.8, 4) is 5.75 Å². The van der Waals surface area contributed by atoms with Crippen molar-refractivity contribution >= 4 is 35.2 Å². The van der Waals surface area contributed by atoms with Gasteiger partial charge in [-0.05, 0) is 48.2 Å². The molecular weight excluding hydrogens is 432 g/mol. The van der Waals surface area contributed by atoms with Crippen LogP contribution in [0.25, 0.3) is 0 Å². The zero-order valence-corrected chi connectivity index (χ0v) is 20.1. The maximum absolute atomic E-state index is 13.1. The van der Waals surface area contributed by atoms with Gasteiger partial charge in [0.2, 0.25) is 11.8 Å². The molecule has 1 N–H and O–H groups in total. The van der Waals surface area contributed by atoms with E-state index in [0.717, 1.165) is 16.9 Å². The Labute approximate surface area is 194 Å². The molecule has 0 saturated heterocycles. The number of carbonyl (C=O) groups is 2. The van der Waals surface area contributed by atoms with Gasteiger partial charge in [0, 0.05) is 23.9 Å². The Morgan fingerprint density at radius 2 is 1.81 bits per heavy atom. The number of benzene rings is 2. The topological polar surface area (TPSA) is 58.6 Å². The maximum Gasteiger partial charge on any atom is 0.242 e. The summed E-state index contributed by atoms with van der Waals surface area (Å²) in [7, 11) is 1.63. The standard InChI is InChI=1S/C24H31ClN2O3S/c1-17(2)13-26-24(29)18(3)27(14-20-6-5-7-21(25)12-20)23(28)16-31-15-19-8-10-22(30-4)11-9-19/h5-12,17-18H,13-16H2,1-4H3,(H,26,29)/t18-/m1/s1. The van der Waals surface area contributed by atoms with Crippen LogP contribution in [0.5, 0.6) is 5.75 Å². The first kappa shape index (κ1) is 25.1. The Hall–Kier alpha value is -2.18. The summed E-state index contributed by atoms with van der Waals surface area (Å²) in [5.74, 6) is 1.91. The fourth-order valence-electron chi connectivity index (χ4n) is 2.93. The molecule has 0 fully saturated rings. The van der Waals surface area contributed by atoms with Crippen LogP contribution in [0.15, 0.2) is 48.5 Å². The molecule has 7 heteroatoms. The summed E-state index contributed by atoms with van der Waals surface area (Å²) >= 11 is 7.64. The van der Waals surface area contributed by atoms with E-state index in [9.17, 15) is 9.59 Å². The van der Waals surface area contributed by atoms with Gasteiger partial charge in [-0.25, -0.2) is 0 Å². The minimum Gasteiger partial charge on any atom is -0.497 e. The van der Waals surface area contributed by atoms with Gasteiger partial charge in [-0.1, -0.05) is 49.7 Å². The molecule has 1 atom stereocenters. The highest BCUT2D eigenvalue weighted by molar-refractivity contribution is 7.99. The van der Waals surface area contributed by atoms with E-state index in [-0.39, 0.29) is 17.6 Å². The van der Waals surface area contributed by atoms with E-state index in [0.29, 0.717) is 29.8 Å². The number of nitrogens with zero attached hydrogens (tertiary/aromatic N) is 1. The predicted molar refractivity (Wildman–Crippen MR) is 128 cm³/mol. The largest absolute Gasteiger partial charge is 0.497 e. The molecule has 31 heavy (non-hydrogen) atoms. The Kier molecular flexibility index (Phi) is 10.2. The molecule has 2 aromatic rings. The number of methoxy groups -OCH3 is 1. The van der Waals surface area contributed by atoms with Gasteiger partial charge >= 0.3 is 0 Å². The van der Waals surface area contributed by atoms with Crippen molar-refractivity contribution in [2.45, 2.75) is 39.1 Å². The highest BCUT2D eigenvalue weighted by atomic mass is 35.5. The second-order valence-corrected chi connectivity index (χ2v) is 9.23. The Morgan fingerprint density at radius 3 is 2.42 bits per heavy atom. The molecule has 0 spiro atoms. The SMILES string of the molecule is COc1ccc(CSCC(=O)N(Cc2cccc(Cl)c2)[C@H](C)C(=O)NCC(C)C)cc1. The molecule has 2 amide bonds. The van der Waals surface area contributed by atoms with Crippen LogP contribution in [0.3, 0.4) is 0 Å². The lowest BCUT2D eigenvalue weighted by atomic mass is 10.1. The minimum atomic E-state index is -0.577. The van der Waals surface area contributed by atoms with Crippen molar-refractivity contribution < 1.29 is 14.3 Å². The van der Waals surface area contributed by atoms with Gasteiger partial charge in [0.1, 0.15) is 11.8 Å². The average Bonchev–Trinajstić information content (AvgIpc) is 2.75. The number of rotatable bonds is 11. The second-order valence-electron chi connectivity index (χ2n) is 7.81. The Morgan fingerprint density at radius 1 is 1.10 bits per heavy atom. The number of carbonyl (C=O) groups excluding carboxylic acids is 2. The minimum absolute atomic E-state index is 0.0781. The van der Waals surface area contributed by atoms with Crippen molar-refractivity contribution in [2.75, 3.05) is 19.4 Å². The lowest BCUT2D eigenvalue weighted by Crippen LogP contribution is -2.48. The molecule has 0 aliphatic carbocycles. The average molecular weight is 463 g/mol. The lowest BCUT2D eigenvalue weighted by Gasteiger charge is -2.29. The van der Waals surface area contributed by atoms with Gasteiger partial charge in [0.05, 0.1) is 12.9 Å². The van der Waals surface area contributed by atoms with Crippen LogP contribution in [0.1, 0.15) is 31.9 Å². The summed E-state index contributed by atoms with van der Waals surface area (Å²) in [5, 5.41) is 3.54. The first-order chi connectivity index (χ1) is 14.8. The number of hydrogen-bond donors (Lipinski definition) is 1. The number of ether oxygens (including phenoxy) is 1. The van der Waals surface area contributed by atoms with Crippen LogP contribution in [0.2, 0.25) is 5.02 Å². The molecule has 0 aliphatic rings. The molecule has 0 radical (unpaired) electrons. The van der Waals surface area contributed by atoms with Gasteiger partial charge < -0.3 is 15.0 Å². The van der Waals surface area contributed by atoms with Crippen LogP contribution in [-0.4, -0.2) is 42.2 Å². The molecule has 0 unspecified atom stereocenters. The number of amides is 2. The first-order valence-corrected chi connectivity index (χ1v) is 11.9. The molecular formula is C24H31ClN2O3S. The maximum atomic E-state index is 13.1. The van der Waals surface area contributed by atoms with Gasteiger partial charge in [-0.15, -0.1) is 11.8 Å². The van der Waals surface area contributed by atoms with Gasteiger partial charge in [0.15, 0.2) is 0 Å². The third kappa shape index (κ3) is 8.46. The Bertz CT molecular complexity index is 858. The number of hydrogen-bond acceptors (Lipinski definition) is 4. The highest BCUT2D eigenvalue weighted by Crippen LogP contribution is 2.19. The summed E-state index contributed by atoms with van der Waals surface area (Å²) in [6, 6.07) is 14.6. The molecule has 2 aromatic carbocycles. The van der Waals surface area contributed by atoms with Gasteiger partial charge in [0.25, 0.3) is 0 Å². The predicted octanol–water partition coefficient (Wildman–Crippen LogP) is 4.77. The highest BCUT2D eigenvalue weighted by Gasteiger charge is 2.26. The zero-order chi connectivity index (χ0) is 22.8. The molecule has 168 valence electrons. The van der Waals surface area contributed by atoms with E-state index < -0.39 is 6.04 Å². The van der Waals surface area contributed by atoms with E-state index in [1.807, 2.05) is 56.3 Å². The van der Waals surface area contributed by atoms with E-state index in [4.69, 9.17) is 16.3 Å². The molecule has 0 bridgehead atoms. The quantitative estimate of drug-likeness (QED) is 0.522. The van der Waals surface area contributed by atoms with E-state index in [1.54, 1.807) is 25.0 Å². The second kappa shape index (κ2) is 12.6. The molecule has 2 rings (SSSR count). The number of nitrogens with one attached hydrogen (secondary N) is 1.